The molecule has 4 rings (SSSR count). The minimum Gasteiger partial charge on any atom is -0.396 e. The van der Waals surface area contributed by atoms with E-state index in [1.54, 1.807) is 0 Å². The summed E-state index contributed by atoms with van der Waals surface area (Å²) in [6.07, 6.45) is 8.81. The summed E-state index contributed by atoms with van der Waals surface area (Å²) in [5, 5.41) is 9.36. The molecule has 5 nitrogen and oxygen atoms in total. The Morgan fingerprint density at radius 1 is 1.07 bits per heavy atom. The van der Waals surface area contributed by atoms with Crippen LogP contribution in [0.5, 0.6) is 0 Å². The summed E-state index contributed by atoms with van der Waals surface area (Å²) >= 11 is 0. The molecule has 2 aliphatic heterocycles. The van der Waals surface area contributed by atoms with Crippen molar-refractivity contribution in [3.63, 3.8) is 0 Å². The van der Waals surface area contributed by atoms with Crippen LogP contribution in [0.4, 0.5) is 0 Å². The second kappa shape index (κ2) is 9.12. The number of nitrogens with zero attached hydrogens (tertiary/aromatic N) is 4. The second-order valence-electron chi connectivity index (χ2n) is 8.48. The molecule has 0 spiro atoms. The highest BCUT2D eigenvalue weighted by molar-refractivity contribution is 5.55. The fraction of sp³-hybridized carbons (Fsp3) is 0.565. The highest BCUT2D eigenvalue weighted by Gasteiger charge is 2.28. The predicted molar refractivity (Wildman–Crippen MR) is 112 cm³/mol. The third-order valence-corrected chi connectivity index (χ3v) is 6.29. The summed E-state index contributed by atoms with van der Waals surface area (Å²) in [5.74, 6) is 1.32. The van der Waals surface area contributed by atoms with Crippen molar-refractivity contribution in [1.29, 1.82) is 0 Å². The zero-order chi connectivity index (χ0) is 19.3. The second-order valence-corrected chi connectivity index (χ2v) is 8.48. The summed E-state index contributed by atoms with van der Waals surface area (Å²) < 4.78 is 0. The third-order valence-electron chi connectivity index (χ3n) is 6.29. The summed E-state index contributed by atoms with van der Waals surface area (Å²) in [7, 11) is 0. The maximum Gasteiger partial charge on any atom is 0.159 e. The number of likely N-dealkylation sites (tertiary alicyclic amines) is 2. The smallest absolute Gasteiger partial charge is 0.159 e. The van der Waals surface area contributed by atoms with Crippen LogP contribution in [0.2, 0.25) is 0 Å². The number of hydrogen-bond donors (Lipinski definition) is 1. The topological polar surface area (TPSA) is 52.5 Å². The third kappa shape index (κ3) is 4.77. The van der Waals surface area contributed by atoms with Crippen molar-refractivity contribution in [2.24, 2.45) is 5.92 Å². The minimum absolute atomic E-state index is 0.350. The molecule has 2 fully saturated rings. The molecule has 0 bridgehead atoms. The normalized spacial score (nSPS) is 22.4. The van der Waals surface area contributed by atoms with Crippen LogP contribution in [0.1, 0.15) is 36.8 Å². The van der Waals surface area contributed by atoms with Crippen molar-refractivity contribution in [1.82, 2.24) is 19.8 Å². The molecule has 5 heteroatoms. The number of rotatable bonds is 5. The molecule has 1 aromatic heterocycles. The molecule has 1 aromatic carbocycles. The van der Waals surface area contributed by atoms with Crippen molar-refractivity contribution in [2.75, 3.05) is 32.8 Å². The number of hydrogen-bond acceptors (Lipinski definition) is 5. The molecule has 2 saturated heterocycles. The monoisotopic (exact) mass is 380 g/mol. The summed E-state index contributed by atoms with van der Waals surface area (Å²) in [5.41, 5.74) is 3.50. The van der Waals surface area contributed by atoms with E-state index in [9.17, 15) is 5.11 Å². The van der Waals surface area contributed by atoms with Gasteiger partial charge in [-0.2, -0.15) is 0 Å². The SMILES string of the molecule is Cc1cccc(-c2ncc(CN3CCCC(N4CCC(CO)CC4)C3)cn2)c1. The summed E-state index contributed by atoms with van der Waals surface area (Å²) in [4.78, 5) is 14.4. The van der Waals surface area contributed by atoms with E-state index in [1.807, 2.05) is 12.4 Å². The number of aromatic nitrogens is 2. The Balaban J connectivity index is 1.34. The lowest BCUT2D eigenvalue weighted by Crippen LogP contribution is -2.50. The molecule has 0 aliphatic carbocycles. The van der Waals surface area contributed by atoms with Crippen molar-refractivity contribution in [3.8, 4) is 11.4 Å². The molecule has 1 atom stereocenters. The number of aliphatic hydroxyl groups is 1. The van der Waals surface area contributed by atoms with Crippen molar-refractivity contribution < 1.29 is 5.11 Å². The number of piperidine rings is 2. The fourth-order valence-corrected chi connectivity index (χ4v) is 4.60. The Morgan fingerprint density at radius 2 is 1.86 bits per heavy atom. The first-order chi connectivity index (χ1) is 13.7. The molecule has 1 unspecified atom stereocenters. The van der Waals surface area contributed by atoms with E-state index in [-0.39, 0.29) is 0 Å². The van der Waals surface area contributed by atoms with Crippen LogP contribution in [0.25, 0.3) is 11.4 Å². The lowest BCUT2D eigenvalue weighted by molar-refractivity contribution is 0.0543. The van der Waals surface area contributed by atoms with Gasteiger partial charge >= 0.3 is 0 Å². The molecule has 2 aliphatic rings. The summed E-state index contributed by atoms with van der Waals surface area (Å²) in [6, 6.07) is 9.00. The van der Waals surface area contributed by atoms with E-state index < -0.39 is 0 Å². The average Bonchev–Trinajstić information content (AvgIpc) is 2.74. The molecule has 0 radical (unpaired) electrons. The first-order valence-electron chi connectivity index (χ1n) is 10.7. The number of aliphatic hydroxyl groups excluding tert-OH is 1. The Morgan fingerprint density at radius 3 is 2.57 bits per heavy atom. The van der Waals surface area contributed by atoms with E-state index in [0.29, 0.717) is 18.6 Å². The molecule has 28 heavy (non-hydrogen) atoms. The van der Waals surface area contributed by atoms with Gasteiger partial charge in [0.2, 0.25) is 0 Å². The zero-order valence-corrected chi connectivity index (χ0v) is 16.9. The van der Waals surface area contributed by atoms with Gasteiger partial charge in [-0.15, -0.1) is 0 Å². The Bertz CT molecular complexity index is 755. The first kappa shape index (κ1) is 19.5. The highest BCUT2D eigenvalue weighted by Crippen LogP contribution is 2.24. The van der Waals surface area contributed by atoms with Gasteiger partial charge in [0, 0.05) is 49.3 Å². The molecule has 150 valence electrons. The van der Waals surface area contributed by atoms with E-state index in [2.05, 4.69) is 51.0 Å². The predicted octanol–water partition coefficient (Wildman–Crippen LogP) is 3.12. The molecular weight excluding hydrogens is 348 g/mol. The van der Waals surface area contributed by atoms with Crippen molar-refractivity contribution in [3.05, 3.63) is 47.8 Å². The Kier molecular flexibility index (Phi) is 6.35. The Hall–Kier alpha value is -1.82. The van der Waals surface area contributed by atoms with Crippen molar-refractivity contribution >= 4 is 0 Å². The maximum atomic E-state index is 9.36. The standard InChI is InChI=1S/C23H32N4O/c1-18-4-2-5-21(12-18)23-24-13-20(14-25-23)15-26-9-3-6-22(16-26)27-10-7-19(17-28)8-11-27/h2,4-5,12-14,19,22,28H,3,6-11,15-17H2,1H3. The molecule has 0 saturated carbocycles. The van der Waals surface area contributed by atoms with E-state index >= 15 is 0 Å². The molecule has 1 N–H and O–H groups in total. The van der Waals surface area contributed by atoms with E-state index in [1.165, 1.54) is 24.0 Å². The minimum atomic E-state index is 0.350. The quantitative estimate of drug-likeness (QED) is 0.864. The van der Waals surface area contributed by atoms with Gasteiger partial charge in [-0.1, -0.05) is 23.8 Å². The lowest BCUT2D eigenvalue weighted by Gasteiger charge is -2.42. The van der Waals surface area contributed by atoms with E-state index in [4.69, 9.17) is 0 Å². The first-order valence-corrected chi connectivity index (χ1v) is 10.7. The van der Waals surface area contributed by atoms with Crippen LogP contribution in [0.15, 0.2) is 36.7 Å². The molecular formula is C23H32N4O. The van der Waals surface area contributed by atoms with Crippen LogP contribution in [0.3, 0.4) is 0 Å². The molecule has 0 amide bonds. The largest absolute Gasteiger partial charge is 0.396 e. The number of aryl methyl sites for hydroxylation is 1. The van der Waals surface area contributed by atoms with Gasteiger partial charge in [0.15, 0.2) is 5.82 Å². The van der Waals surface area contributed by atoms with Crippen molar-refractivity contribution in [2.45, 2.75) is 45.2 Å². The molecule has 3 heterocycles. The summed E-state index contributed by atoms with van der Waals surface area (Å²) in [6.45, 7) is 7.93. The van der Waals surface area contributed by atoms with Gasteiger partial charge in [-0.05, 0) is 64.2 Å². The molecule has 2 aromatic rings. The van der Waals surface area contributed by atoms with Gasteiger partial charge < -0.3 is 5.11 Å². The Labute approximate surface area is 168 Å². The van der Waals surface area contributed by atoms with Crippen LogP contribution < -0.4 is 0 Å². The van der Waals surface area contributed by atoms with Crippen LogP contribution in [0, 0.1) is 12.8 Å². The van der Waals surface area contributed by atoms with E-state index in [0.717, 1.165) is 57.0 Å². The fourth-order valence-electron chi connectivity index (χ4n) is 4.60. The van der Waals surface area contributed by atoms with Gasteiger partial charge in [0.1, 0.15) is 0 Å². The van der Waals surface area contributed by atoms with Gasteiger partial charge in [0.05, 0.1) is 0 Å². The van der Waals surface area contributed by atoms with Crippen LogP contribution in [-0.2, 0) is 6.54 Å². The van der Waals surface area contributed by atoms with Gasteiger partial charge in [-0.3, -0.25) is 9.80 Å². The van der Waals surface area contributed by atoms with Crippen LogP contribution in [-0.4, -0.2) is 63.7 Å². The maximum absolute atomic E-state index is 9.36. The number of benzene rings is 1. The average molecular weight is 381 g/mol. The van der Waals surface area contributed by atoms with Gasteiger partial charge in [-0.25, -0.2) is 9.97 Å². The van der Waals surface area contributed by atoms with Gasteiger partial charge in [0.25, 0.3) is 0 Å². The van der Waals surface area contributed by atoms with Crippen LogP contribution >= 0.6 is 0 Å². The highest BCUT2D eigenvalue weighted by atomic mass is 16.3. The zero-order valence-electron chi connectivity index (χ0n) is 16.9. The lowest BCUT2D eigenvalue weighted by atomic mass is 9.94.